The minimum absolute atomic E-state index is 0.0369. The molecule has 0 aliphatic carbocycles. The number of thioether (sulfide) groups is 1. The maximum atomic E-state index is 12.6. The monoisotopic (exact) mass is 498 g/mol. The van der Waals surface area contributed by atoms with Crippen molar-refractivity contribution < 1.29 is 4.79 Å². The van der Waals surface area contributed by atoms with Crippen LogP contribution >= 0.6 is 34.7 Å². The molecule has 10 heteroatoms. The van der Waals surface area contributed by atoms with E-state index in [1.165, 1.54) is 23.1 Å². The SMILES string of the molecule is CCN(CC)C(=O)c1csc(CSc2nnc(-c3ccncc3)n2-c2cc(Cl)ccc2C)n1. The number of benzene rings is 1. The Bertz CT molecular complexity index is 1250. The molecule has 0 radical (unpaired) electrons. The second kappa shape index (κ2) is 10.5. The molecule has 0 unspecified atom stereocenters. The van der Waals surface area contributed by atoms with Crippen LogP contribution in [-0.2, 0) is 5.75 Å². The highest BCUT2D eigenvalue weighted by molar-refractivity contribution is 7.98. The van der Waals surface area contributed by atoms with Gasteiger partial charge in [0.05, 0.1) is 11.4 Å². The highest BCUT2D eigenvalue weighted by Gasteiger charge is 2.20. The van der Waals surface area contributed by atoms with E-state index in [0.29, 0.717) is 35.4 Å². The van der Waals surface area contributed by atoms with E-state index in [1.54, 1.807) is 17.3 Å². The number of carbonyl (C=O) groups excluding carboxylic acids is 1. The number of halogens is 1. The Morgan fingerprint density at radius 2 is 1.91 bits per heavy atom. The number of hydrogen-bond acceptors (Lipinski definition) is 7. The van der Waals surface area contributed by atoms with Crippen LogP contribution in [0.3, 0.4) is 0 Å². The molecule has 3 aromatic heterocycles. The molecule has 0 N–H and O–H groups in total. The van der Waals surface area contributed by atoms with Crippen LogP contribution < -0.4 is 0 Å². The van der Waals surface area contributed by atoms with E-state index in [4.69, 9.17) is 11.6 Å². The zero-order valence-corrected chi connectivity index (χ0v) is 20.9. The van der Waals surface area contributed by atoms with E-state index in [2.05, 4.69) is 20.2 Å². The topological polar surface area (TPSA) is 76.8 Å². The van der Waals surface area contributed by atoms with E-state index in [9.17, 15) is 4.79 Å². The first-order valence-electron chi connectivity index (χ1n) is 10.5. The number of aromatic nitrogens is 5. The molecule has 0 aliphatic heterocycles. The Morgan fingerprint density at radius 3 is 2.64 bits per heavy atom. The van der Waals surface area contributed by atoms with Crippen molar-refractivity contribution in [3.63, 3.8) is 0 Å². The van der Waals surface area contributed by atoms with Gasteiger partial charge in [0, 0.05) is 41.4 Å². The highest BCUT2D eigenvalue weighted by atomic mass is 35.5. The van der Waals surface area contributed by atoms with Gasteiger partial charge in [-0.1, -0.05) is 29.4 Å². The third kappa shape index (κ3) is 5.10. The molecule has 0 saturated carbocycles. The van der Waals surface area contributed by atoms with Crippen molar-refractivity contribution in [1.82, 2.24) is 29.6 Å². The molecule has 33 heavy (non-hydrogen) atoms. The summed E-state index contributed by atoms with van der Waals surface area (Å²) in [7, 11) is 0. The van der Waals surface area contributed by atoms with E-state index >= 15 is 0 Å². The summed E-state index contributed by atoms with van der Waals surface area (Å²) in [6.45, 7) is 7.29. The summed E-state index contributed by atoms with van der Waals surface area (Å²) in [5.41, 5.74) is 3.37. The van der Waals surface area contributed by atoms with Crippen molar-refractivity contribution >= 4 is 40.6 Å². The maximum absolute atomic E-state index is 12.6. The van der Waals surface area contributed by atoms with Gasteiger partial charge in [0.15, 0.2) is 11.0 Å². The van der Waals surface area contributed by atoms with E-state index in [0.717, 1.165) is 27.0 Å². The summed E-state index contributed by atoms with van der Waals surface area (Å²) in [5, 5.41) is 13.0. The van der Waals surface area contributed by atoms with E-state index < -0.39 is 0 Å². The maximum Gasteiger partial charge on any atom is 0.273 e. The van der Waals surface area contributed by atoms with Gasteiger partial charge in [-0.3, -0.25) is 14.3 Å². The summed E-state index contributed by atoms with van der Waals surface area (Å²) in [4.78, 5) is 23.0. The standard InChI is InChI=1S/C23H23ClN6OS2/c1-4-29(5-2)22(31)18-13-32-20(26-18)14-33-23-28-27-21(16-8-10-25-11-9-16)30(23)19-12-17(24)7-6-15(19)3/h6-13H,4-5,14H2,1-3H3. The van der Waals surface area contributed by atoms with Crippen LogP contribution in [0.2, 0.25) is 5.02 Å². The molecule has 4 rings (SSSR count). The van der Waals surface area contributed by atoms with Crippen LogP contribution in [0.25, 0.3) is 17.1 Å². The summed E-state index contributed by atoms with van der Waals surface area (Å²) in [6.07, 6.45) is 3.46. The number of thiazole rings is 1. The Morgan fingerprint density at radius 1 is 1.15 bits per heavy atom. The first kappa shape index (κ1) is 23.4. The molecule has 0 spiro atoms. The molecule has 3 heterocycles. The second-order valence-corrected chi connectivity index (χ2v) is 9.52. The van der Waals surface area contributed by atoms with Gasteiger partial charge >= 0.3 is 0 Å². The van der Waals surface area contributed by atoms with Crippen molar-refractivity contribution in [3.8, 4) is 17.1 Å². The van der Waals surface area contributed by atoms with Gasteiger partial charge in [-0.15, -0.1) is 21.5 Å². The third-order valence-corrected chi connectivity index (χ3v) is 7.34. The molecule has 7 nitrogen and oxygen atoms in total. The lowest BCUT2D eigenvalue weighted by molar-refractivity contribution is 0.0768. The molecule has 170 valence electrons. The predicted molar refractivity (Wildman–Crippen MR) is 133 cm³/mol. The van der Waals surface area contributed by atoms with E-state index in [-0.39, 0.29) is 5.91 Å². The van der Waals surface area contributed by atoms with Crippen molar-refractivity contribution in [1.29, 1.82) is 0 Å². The minimum atomic E-state index is -0.0369. The van der Waals surface area contributed by atoms with Crippen LogP contribution in [0.1, 0.15) is 34.9 Å². The molecule has 0 bridgehead atoms. The summed E-state index contributed by atoms with van der Waals surface area (Å²) < 4.78 is 2.01. The molecule has 0 atom stereocenters. The molecule has 4 aromatic rings. The van der Waals surface area contributed by atoms with Gasteiger partial charge in [0.1, 0.15) is 10.7 Å². The lowest BCUT2D eigenvalue weighted by Crippen LogP contribution is -2.30. The van der Waals surface area contributed by atoms with Gasteiger partial charge in [-0.05, 0) is 50.6 Å². The second-order valence-electron chi connectivity index (χ2n) is 7.20. The molecular weight excluding hydrogens is 476 g/mol. The number of amides is 1. The summed E-state index contributed by atoms with van der Waals surface area (Å²) in [5.74, 6) is 1.25. The molecular formula is C23H23ClN6OS2. The van der Waals surface area contributed by atoms with Gasteiger partial charge in [0.25, 0.3) is 5.91 Å². The van der Waals surface area contributed by atoms with Gasteiger partial charge in [-0.2, -0.15) is 0 Å². The van der Waals surface area contributed by atoms with Crippen molar-refractivity contribution in [3.05, 3.63) is 69.4 Å². The fraction of sp³-hybridized carbons (Fsp3) is 0.261. The molecule has 0 saturated heterocycles. The normalized spacial score (nSPS) is 11.0. The van der Waals surface area contributed by atoms with Crippen LogP contribution in [0.5, 0.6) is 0 Å². The van der Waals surface area contributed by atoms with Gasteiger partial charge in [-0.25, -0.2) is 4.98 Å². The lowest BCUT2D eigenvalue weighted by Gasteiger charge is -2.16. The van der Waals surface area contributed by atoms with E-state index in [1.807, 2.05) is 61.1 Å². The van der Waals surface area contributed by atoms with Crippen LogP contribution in [0, 0.1) is 6.92 Å². The number of carbonyl (C=O) groups is 1. The smallest absolute Gasteiger partial charge is 0.273 e. The van der Waals surface area contributed by atoms with Crippen molar-refractivity contribution in [2.75, 3.05) is 13.1 Å². The Hall–Kier alpha value is -2.75. The van der Waals surface area contributed by atoms with Crippen molar-refractivity contribution in [2.24, 2.45) is 0 Å². The van der Waals surface area contributed by atoms with Gasteiger partial charge < -0.3 is 4.90 Å². The highest BCUT2D eigenvalue weighted by Crippen LogP contribution is 2.32. The fourth-order valence-electron chi connectivity index (χ4n) is 3.37. The summed E-state index contributed by atoms with van der Waals surface area (Å²) in [6, 6.07) is 9.57. The average Bonchev–Trinajstić information content (AvgIpc) is 3.48. The van der Waals surface area contributed by atoms with Gasteiger partial charge in [0.2, 0.25) is 0 Å². The first-order valence-corrected chi connectivity index (χ1v) is 12.7. The van der Waals surface area contributed by atoms with Crippen LogP contribution in [-0.4, -0.2) is 48.6 Å². The Labute approximate surface area is 205 Å². The number of pyridine rings is 1. The van der Waals surface area contributed by atoms with Crippen molar-refractivity contribution in [2.45, 2.75) is 31.7 Å². The quantitative estimate of drug-likeness (QED) is 0.297. The largest absolute Gasteiger partial charge is 0.338 e. The number of rotatable bonds is 8. The molecule has 1 aromatic carbocycles. The molecule has 0 fully saturated rings. The van der Waals surface area contributed by atoms with Crippen LogP contribution in [0.15, 0.2) is 53.3 Å². The summed E-state index contributed by atoms with van der Waals surface area (Å²) >= 11 is 9.33. The fourth-order valence-corrected chi connectivity index (χ4v) is 5.26. The lowest BCUT2D eigenvalue weighted by atomic mass is 10.2. The number of hydrogen-bond donors (Lipinski definition) is 0. The Kier molecular flexibility index (Phi) is 7.42. The van der Waals surface area contributed by atoms with Crippen LogP contribution in [0.4, 0.5) is 0 Å². The zero-order chi connectivity index (χ0) is 23.4. The predicted octanol–water partition coefficient (Wildman–Crippen LogP) is 5.52. The number of aryl methyl sites for hydroxylation is 1. The molecule has 1 amide bonds. The average molecular weight is 499 g/mol. The number of nitrogens with zero attached hydrogens (tertiary/aromatic N) is 6. The zero-order valence-electron chi connectivity index (χ0n) is 18.5. The third-order valence-electron chi connectivity index (χ3n) is 5.13. The minimum Gasteiger partial charge on any atom is -0.338 e. The first-order chi connectivity index (χ1) is 16.0. The Balaban J connectivity index is 1.65. The molecule has 0 aliphatic rings.